The molecule has 0 radical (unpaired) electrons. The van der Waals surface area contributed by atoms with E-state index in [2.05, 4.69) is 4.98 Å². The number of halogens is 1. The Morgan fingerprint density at radius 1 is 1.00 bits per heavy atom. The highest BCUT2D eigenvalue weighted by atomic mass is 35.5. The molecule has 7 nitrogen and oxygen atoms in total. The molecule has 0 spiro atoms. The second-order valence-electron chi connectivity index (χ2n) is 6.22. The first-order chi connectivity index (χ1) is 13.3. The van der Waals surface area contributed by atoms with Crippen molar-refractivity contribution in [1.82, 2.24) is 4.98 Å². The van der Waals surface area contributed by atoms with Gasteiger partial charge in [-0.05, 0) is 35.9 Å². The summed E-state index contributed by atoms with van der Waals surface area (Å²) in [6.45, 7) is 0.204. The highest BCUT2D eigenvalue weighted by Gasteiger charge is 2.44. The quantitative estimate of drug-likeness (QED) is 0.521. The van der Waals surface area contributed by atoms with Crippen LogP contribution < -0.4 is 4.74 Å². The Morgan fingerprint density at radius 3 is 2.29 bits per heavy atom. The number of nitrogens with zero attached hydrogens (tertiary/aromatic N) is 1. The number of benzene rings is 2. The van der Waals surface area contributed by atoms with Gasteiger partial charge < -0.3 is 20.1 Å². The van der Waals surface area contributed by atoms with E-state index >= 15 is 0 Å². The fourth-order valence-corrected chi connectivity index (χ4v) is 2.78. The van der Waals surface area contributed by atoms with E-state index in [1.165, 1.54) is 12.1 Å². The Balaban J connectivity index is 1.68. The molecule has 1 heterocycles. The molecule has 1 aromatic heterocycles. The molecule has 0 aliphatic rings. The molecule has 8 heteroatoms. The summed E-state index contributed by atoms with van der Waals surface area (Å²) in [6.07, 6.45) is -0.565. The molecule has 0 atom stereocenters. The molecular weight excluding hydrogens is 386 g/mol. The maximum atomic E-state index is 11.0. The molecule has 0 unspecified atom stereocenters. The SMILES string of the molecule is O=C(O)C(O)(Cc1ccc(OCc2ccc3ccc(Cl)cc3n2)cc1)C(=O)O. The van der Waals surface area contributed by atoms with Gasteiger partial charge in [0.1, 0.15) is 12.4 Å². The van der Waals surface area contributed by atoms with Gasteiger partial charge in [0, 0.05) is 16.8 Å². The first kappa shape index (κ1) is 19.6. The van der Waals surface area contributed by atoms with E-state index in [4.69, 9.17) is 26.6 Å². The summed E-state index contributed by atoms with van der Waals surface area (Å²) >= 11 is 5.98. The molecule has 0 bridgehead atoms. The lowest BCUT2D eigenvalue weighted by Gasteiger charge is -2.18. The Kier molecular flexibility index (Phi) is 5.48. The van der Waals surface area contributed by atoms with Crippen LogP contribution in [-0.2, 0) is 22.6 Å². The van der Waals surface area contributed by atoms with Crippen molar-refractivity contribution in [3.8, 4) is 5.75 Å². The Labute approximate surface area is 164 Å². The van der Waals surface area contributed by atoms with Gasteiger partial charge in [-0.1, -0.05) is 35.9 Å². The number of carbonyl (C=O) groups is 2. The van der Waals surface area contributed by atoms with E-state index in [1.54, 1.807) is 24.3 Å². The minimum Gasteiger partial charge on any atom is -0.487 e. The van der Waals surface area contributed by atoms with Crippen LogP contribution in [0.25, 0.3) is 10.9 Å². The third-order valence-corrected chi connectivity index (χ3v) is 4.42. The van der Waals surface area contributed by atoms with E-state index in [0.29, 0.717) is 22.0 Å². The summed E-state index contributed by atoms with van der Waals surface area (Å²) in [6, 6.07) is 15.3. The first-order valence-electron chi connectivity index (χ1n) is 8.24. The van der Waals surface area contributed by atoms with E-state index in [9.17, 15) is 14.7 Å². The number of pyridine rings is 1. The van der Waals surface area contributed by atoms with Crippen LogP contribution in [0.5, 0.6) is 5.75 Å². The third kappa shape index (κ3) is 4.21. The molecule has 0 aliphatic carbocycles. The number of ether oxygens (including phenoxy) is 1. The molecule has 0 saturated heterocycles. The summed E-state index contributed by atoms with van der Waals surface area (Å²) in [5.74, 6) is -3.14. The van der Waals surface area contributed by atoms with Crippen LogP contribution >= 0.6 is 11.6 Å². The lowest BCUT2D eigenvalue weighted by Crippen LogP contribution is -2.48. The number of hydrogen-bond donors (Lipinski definition) is 3. The van der Waals surface area contributed by atoms with E-state index in [0.717, 1.165) is 10.9 Å². The molecule has 3 rings (SSSR count). The fourth-order valence-electron chi connectivity index (χ4n) is 2.61. The van der Waals surface area contributed by atoms with Gasteiger partial charge in [-0.2, -0.15) is 0 Å². The van der Waals surface area contributed by atoms with Crippen molar-refractivity contribution < 1.29 is 29.6 Å². The van der Waals surface area contributed by atoms with Gasteiger partial charge in [-0.25, -0.2) is 14.6 Å². The topological polar surface area (TPSA) is 117 Å². The number of hydrogen-bond acceptors (Lipinski definition) is 5. The van der Waals surface area contributed by atoms with Crippen LogP contribution in [0.15, 0.2) is 54.6 Å². The molecular formula is C20H16ClNO6. The van der Waals surface area contributed by atoms with Crippen LogP contribution in [0.2, 0.25) is 5.02 Å². The zero-order valence-corrected chi connectivity index (χ0v) is 15.3. The van der Waals surface area contributed by atoms with Crippen molar-refractivity contribution >= 4 is 34.4 Å². The smallest absolute Gasteiger partial charge is 0.347 e. The van der Waals surface area contributed by atoms with Crippen LogP contribution in [0.3, 0.4) is 0 Å². The van der Waals surface area contributed by atoms with Gasteiger partial charge in [-0.3, -0.25) is 0 Å². The highest BCUT2D eigenvalue weighted by Crippen LogP contribution is 2.21. The number of rotatable bonds is 7. The third-order valence-electron chi connectivity index (χ3n) is 4.19. The maximum Gasteiger partial charge on any atom is 0.347 e. The summed E-state index contributed by atoms with van der Waals surface area (Å²) in [4.78, 5) is 26.6. The van der Waals surface area contributed by atoms with Gasteiger partial charge >= 0.3 is 11.9 Å². The standard InChI is InChI=1S/C20H16ClNO6/c21-14-5-3-13-4-6-15(22-17(13)9-14)11-28-16-7-1-12(2-8-16)10-20(27,18(23)24)19(25)26/h1-9,27H,10-11H2,(H,23,24)(H,25,26). The van der Waals surface area contributed by atoms with Gasteiger partial charge in [0.15, 0.2) is 0 Å². The molecule has 0 fully saturated rings. The largest absolute Gasteiger partial charge is 0.487 e. The normalized spacial score (nSPS) is 11.4. The van der Waals surface area contributed by atoms with Gasteiger partial charge in [-0.15, -0.1) is 0 Å². The van der Waals surface area contributed by atoms with Crippen LogP contribution in [0, 0.1) is 0 Å². The van der Waals surface area contributed by atoms with Crippen LogP contribution in [-0.4, -0.2) is 37.8 Å². The summed E-state index contributed by atoms with van der Waals surface area (Å²) < 4.78 is 5.66. The van der Waals surface area contributed by atoms with Crippen molar-refractivity contribution in [1.29, 1.82) is 0 Å². The zero-order valence-electron chi connectivity index (χ0n) is 14.5. The molecule has 144 valence electrons. The van der Waals surface area contributed by atoms with E-state index in [-0.39, 0.29) is 6.61 Å². The monoisotopic (exact) mass is 401 g/mol. The summed E-state index contributed by atoms with van der Waals surface area (Å²) in [5, 5.41) is 29.3. The van der Waals surface area contributed by atoms with E-state index in [1.807, 2.05) is 18.2 Å². The summed E-state index contributed by atoms with van der Waals surface area (Å²) in [7, 11) is 0. The number of aromatic nitrogens is 1. The van der Waals surface area contributed by atoms with E-state index < -0.39 is 24.0 Å². The number of aliphatic carboxylic acids is 2. The Morgan fingerprint density at radius 2 is 1.64 bits per heavy atom. The van der Waals surface area contributed by atoms with Crippen molar-refractivity contribution in [2.24, 2.45) is 0 Å². The Hall–Kier alpha value is -3.16. The van der Waals surface area contributed by atoms with Gasteiger partial charge in [0.05, 0.1) is 11.2 Å². The van der Waals surface area contributed by atoms with Crippen molar-refractivity contribution in [2.75, 3.05) is 0 Å². The summed E-state index contributed by atoms with van der Waals surface area (Å²) in [5.41, 5.74) is -1.08. The Bertz CT molecular complexity index is 1020. The molecule has 0 amide bonds. The van der Waals surface area contributed by atoms with Crippen molar-refractivity contribution in [3.63, 3.8) is 0 Å². The van der Waals surface area contributed by atoms with Gasteiger partial charge in [0.2, 0.25) is 0 Å². The number of aliphatic hydroxyl groups is 1. The average Bonchev–Trinajstić information content (AvgIpc) is 2.66. The molecule has 2 aromatic carbocycles. The fraction of sp³-hybridized carbons (Fsp3) is 0.150. The number of fused-ring (bicyclic) bond motifs is 1. The lowest BCUT2D eigenvalue weighted by atomic mass is 9.95. The predicted molar refractivity (Wildman–Crippen MR) is 101 cm³/mol. The van der Waals surface area contributed by atoms with Crippen molar-refractivity contribution in [3.05, 3.63) is 70.9 Å². The molecule has 28 heavy (non-hydrogen) atoms. The van der Waals surface area contributed by atoms with Gasteiger partial charge in [0.25, 0.3) is 5.60 Å². The maximum absolute atomic E-state index is 11.0. The highest BCUT2D eigenvalue weighted by molar-refractivity contribution is 6.31. The number of carboxylic acid groups (broad SMARTS) is 2. The molecule has 0 aliphatic heterocycles. The zero-order chi connectivity index (χ0) is 20.3. The molecule has 0 saturated carbocycles. The minimum absolute atomic E-state index is 0.204. The van der Waals surface area contributed by atoms with Crippen LogP contribution in [0.4, 0.5) is 0 Å². The number of carboxylic acids is 2. The molecule has 3 aromatic rings. The lowest BCUT2D eigenvalue weighted by molar-refractivity contribution is -0.175. The molecule has 3 N–H and O–H groups in total. The van der Waals surface area contributed by atoms with Crippen LogP contribution in [0.1, 0.15) is 11.3 Å². The second-order valence-corrected chi connectivity index (χ2v) is 6.66. The predicted octanol–water partition coefficient (Wildman–Crippen LogP) is 2.91. The minimum atomic E-state index is -2.88. The second kappa shape index (κ2) is 7.84. The average molecular weight is 402 g/mol. The van der Waals surface area contributed by atoms with Crippen molar-refractivity contribution in [2.45, 2.75) is 18.6 Å². The first-order valence-corrected chi connectivity index (χ1v) is 8.62.